The minimum atomic E-state index is -0.959. The lowest BCUT2D eigenvalue weighted by Crippen LogP contribution is -2.49. The van der Waals surface area contributed by atoms with Crippen molar-refractivity contribution in [3.63, 3.8) is 0 Å². The van der Waals surface area contributed by atoms with Crippen LogP contribution in [0.15, 0.2) is 0 Å². The first-order valence-electron chi connectivity index (χ1n) is 4.64. The number of carbonyl (C=O) groups excluding carboxylic acids is 2. The van der Waals surface area contributed by atoms with Gasteiger partial charge in [-0.3, -0.25) is 14.4 Å². The largest absolute Gasteiger partial charge is 0.480 e. The molecule has 0 aromatic rings. The van der Waals surface area contributed by atoms with Crippen molar-refractivity contribution in [3.8, 4) is 0 Å². The molecule has 1 atom stereocenters. The number of thiol groups is 1. The van der Waals surface area contributed by atoms with Gasteiger partial charge in [0, 0.05) is 13.1 Å². The quantitative estimate of drug-likeness (QED) is 0.291. The summed E-state index contributed by atoms with van der Waals surface area (Å²) in [5.74, 6) is -1.50. The van der Waals surface area contributed by atoms with Crippen molar-refractivity contribution in [3.05, 3.63) is 0 Å². The molecule has 5 N–H and O–H groups in total. The average Bonchev–Trinajstić information content (AvgIpc) is 2.24. The highest BCUT2D eigenvalue weighted by Crippen LogP contribution is 1.88. The van der Waals surface area contributed by atoms with Gasteiger partial charge in [-0.15, -0.1) is 0 Å². The van der Waals surface area contributed by atoms with Crippen molar-refractivity contribution in [2.45, 2.75) is 12.5 Å². The van der Waals surface area contributed by atoms with Crippen molar-refractivity contribution >= 4 is 30.4 Å². The van der Waals surface area contributed by atoms with E-state index in [1.54, 1.807) is 0 Å². The fourth-order valence-electron chi connectivity index (χ4n) is 0.775. The van der Waals surface area contributed by atoms with E-state index in [-0.39, 0.29) is 0 Å². The van der Waals surface area contributed by atoms with Crippen molar-refractivity contribution in [1.82, 2.24) is 10.6 Å². The van der Waals surface area contributed by atoms with E-state index in [4.69, 9.17) is 10.8 Å². The minimum Gasteiger partial charge on any atom is -0.480 e. The Kier molecular flexibility index (Phi) is 7.31. The Labute approximate surface area is 98.2 Å². The number of piperazine rings is 1. The van der Waals surface area contributed by atoms with Crippen molar-refractivity contribution in [1.29, 1.82) is 0 Å². The predicted octanol–water partition coefficient (Wildman–Crippen LogP) is -2.05. The van der Waals surface area contributed by atoms with Gasteiger partial charge in [-0.25, -0.2) is 0 Å². The average molecular weight is 249 g/mol. The van der Waals surface area contributed by atoms with Crippen LogP contribution in [0.5, 0.6) is 0 Å². The van der Waals surface area contributed by atoms with E-state index >= 15 is 0 Å². The van der Waals surface area contributed by atoms with Crippen LogP contribution in [0.4, 0.5) is 0 Å². The molecular formula is C8H15N3O4S. The zero-order valence-electron chi connectivity index (χ0n) is 8.60. The second-order valence-electron chi connectivity index (χ2n) is 2.97. The molecule has 1 saturated heterocycles. The van der Waals surface area contributed by atoms with Crippen molar-refractivity contribution in [2.75, 3.05) is 18.8 Å². The smallest absolute Gasteiger partial charge is 0.320 e. The predicted molar refractivity (Wildman–Crippen MR) is 60.1 cm³/mol. The molecule has 0 aromatic heterocycles. The van der Waals surface area contributed by atoms with Crippen LogP contribution in [-0.4, -0.2) is 47.8 Å². The SMILES string of the molecule is NC(CCS)C(=O)O.O=C1NCCNC1=O. The van der Waals surface area contributed by atoms with E-state index in [9.17, 15) is 14.4 Å². The number of amides is 2. The number of carboxylic acid groups (broad SMARTS) is 1. The number of nitrogens with one attached hydrogen (secondary N) is 2. The highest BCUT2D eigenvalue weighted by atomic mass is 32.1. The Hall–Kier alpha value is -1.28. The second kappa shape index (κ2) is 7.94. The van der Waals surface area contributed by atoms with Gasteiger partial charge >= 0.3 is 17.8 Å². The minimum absolute atomic E-state index is 0.429. The molecule has 0 spiro atoms. The standard InChI is InChI=1S/C4H6N2O2.C4H9NO2S/c7-3-4(8)6-2-1-5-3;5-3(1-2-8)4(6)7/h1-2H2,(H,5,7)(H,6,8);3,8H,1-2,5H2,(H,6,7). The van der Waals surface area contributed by atoms with Gasteiger partial charge in [0.2, 0.25) is 0 Å². The van der Waals surface area contributed by atoms with Gasteiger partial charge in [0.25, 0.3) is 0 Å². The third-order valence-electron chi connectivity index (χ3n) is 1.66. The van der Waals surface area contributed by atoms with Gasteiger partial charge < -0.3 is 21.5 Å². The van der Waals surface area contributed by atoms with Gasteiger partial charge in [-0.1, -0.05) is 0 Å². The summed E-state index contributed by atoms with van der Waals surface area (Å²) in [4.78, 5) is 30.5. The third-order valence-corrected chi connectivity index (χ3v) is 1.92. The zero-order valence-corrected chi connectivity index (χ0v) is 9.50. The zero-order chi connectivity index (χ0) is 12.6. The van der Waals surface area contributed by atoms with E-state index < -0.39 is 23.8 Å². The van der Waals surface area contributed by atoms with Crippen LogP contribution in [-0.2, 0) is 14.4 Å². The summed E-state index contributed by atoms with van der Waals surface area (Å²) >= 11 is 3.81. The molecule has 16 heavy (non-hydrogen) atoms. The molecule has 7 nitrogen and oxygen atoms in total. The maximum atomic E-state index is 10.3. The molecule has 1 heterocycles. The number of hydrogen-bond donors (Lipinski definition) is 5. The van der Waals surface area contributed by atoms with Crippen LogP contribution in [0.1, 0.15) is 6.42 Å². The van der Waals surface area contributed by atoms with E-state index in [2.05, 4.69) is 23.3 Å². The van der Waals surface area contributed by atoms with Gasteiger partial charge in [0.05, 0.1) is 0 Å². The molecule has 1 fully saturated rings. The molecule has 1 rings (SSSR count). The molecule has 0 bridgehead atoms. The molecule has 2 amide bonds. The topological polar surface area (TPSA) is 122 Å². The van der Waals surface area contributed by atoms with Gasteiger partial charge in [-0.05, 0) is 12.2 Å². The number of nitrogens with two attached hydrogens (primary N) is 1. The van der Waals surface area contributed by atoms with E-state index in [1.165, 1.54) is 0 Å². The molecule has 1 aliphatic heterocycles. The van der Waals surface area contributed by atoms with Crippen molar-refractivity contribution < 1.29 is 19.5 Å². The van der Waals surface area contributed by atoms with E-state index in [0.29, 0.717) is 25.3 Å². The Bertz CT molecular complexity index is 256. The number of aliphatic carboxylic acids is 1. The molecule has 92 valence electrons. The molecule has 0 saturated carbocycles. The first-order valence-corrected chi connectivity index (χ1v) is 5.27. The summed E-state index contributed by atoms with van der Waals surface area (Å²) in [5, 5.41) is 12.9. The van der Waals surface area contributed by atoms with Crippen LogP contribution >= 0.6 is 12.6 Å². The molecule has 0 radical (unpaired) electrons. The summed E-state index contributed by atoms with van der Waals surface area (Å²) in [7, 11) is 0. The summed E-state index contributed by atoms with van der Waals surface area (Å²) < 4.78 is 0. The Balaban J connectivity index is 0.000000281. The Morgan fingerprint density at radius 2 is 1.81 bits per heavy atom. The summed E-state index contributed by atoms with van der Waals surface area (Å²) in [6.07, 6.45) is 0.429. The Morgan fingerprint density at radius 3 is 2.00 bits per heavy atom. The fraction of sp³-hybridized carbons (Fsp3) is 0.625. The van der Waals surface area contributed by atoms with Crippen molar-refractivity contribution in [2.24, 2.45) is 5.73 Å². The maximum absolute atomic E-state index is 10.3. The second-order valence-corrected chi connectivity index (χ2v) is 3.42. The van der Waals surface area contributed by atoms with Crippen LogP contribution in [0.2, 0.25) is 0 Å². The van der Waals surface area contributed by atoms with Crippen LogP contribution in [0.3, 0.4) is 0 Å². The maximum Gasteiger partial charge on any atom is 0.320 e. The van der Waals surface area contributed by atoms with Crippen LogP contribution in [0, 0.1) is 0 Å². The monoisotopic (exact) mass is 249 g/mol. The lowest BCUT2D eigenvalue weighted by molar-refractivity contribution is -0.140. The molecule has 1 unspecified atom stereocenters. The Morgan fingerprint density at radius 1 is 1.38 bits per heavy atom. The van der Waals surface area contributed by atoms with E-state index in [0.717, 1.165) is 0 Å². The first kappa shape index (κ1) is 14.7. The molecule has 0 aromatic carbocycles. The number of hydrogen-bond acceptors (Lipinski definition) is 5. The number of carboxylic acids is 1. The lowest BCUT2D eigenvalue weighted by atomic mass is 10.2. The highest BCUT2D eigenvalue weighted by molar-refractivity contribution is 7.80. The number of carbonyl (C=O) groups is 3. The molecular weight excluding hydrogens is 234 g/mol. The normalized spacial score (nSPS) is 16.4. The number of rotatable bonds is 3. The molecule has 0 aliphatic carbocycles. The summed E-state index contributed by atoms with van der Waals surface area (Å²) in [5.41, 5.74) is 5.08. The van der Waals surface area contributed by atoms with Gasteiger partial charge in [0.1, 0.15) is 6.04 Å². The summed E-state index contributed by atoms with van der Waals surface area (Å²) in [6, 6.07) is -0.743. The lowest BCUT2D eigenvalue weighted by Gasteiger charge is -2.10. The van der Waals surface area contributed by atoms with E-state index in [1.807, 2.05) is 0 Å². The van der Waals surface area contributed by atoms with Gasteiger partial charge in [-0.2, -0.15) is 12.6 Å². The highest BCUT2D eigenvalue weighted by Gasteiger charge is 2.15. The molecule has 1 aliphatic rings. The van der Waals surface area contributed by atoms with Gasteiger partial charge in [0.15, 0.2) is 0 Å². The van der Waals surface area contributed by atoms with Crippen LogP contribution in [0.25, 0.3) is 0 Å². The first-order chi connectivity index (χ1) is 7.49. The van der Waals surface area contributed by atoms with Crippen LogP contribution < -0.4 is 16.4 Å². The molecule has 8 heteroatoms. The fourth-order valence-corrected chi connectivity index (χ4v) is 1.05. The third kappa shape index (κ3) is 6.25. The summed E-state index contributed by atoms with van der Waals surface area (Å²) in [6.45, 7) is 1.09.